The van der Waals surface area contributed by atoms with Crippen molar-refractivity contribution >= 4 is 23.2 Å². The zero-order valence-electron chi connectivity index (χ0n) is 12.0. The first-order chi connectivity index (χ1) is 9.37. The molecule has 0 aliphatic carbocycles. The molecule has 0 spiro atoms. The van der Waals surface area contributed by atoms with E-state index in [1.807, 2.05) is 22.9 Å². The highest BCUT2D eigenvalue weighted by Crippen LogP contribution is 2.26. The summed E-state index contributed by atoms with van der Waals surface area (Å²) in [5, 5.41) is 8.99. The van der Waals surface area contributed by atoms with E-state index in [1.165, 1.54) is 0 Å². The Labute approximate surface area is 129 Å². The van der Waals surface area contributed by atoms with Gasteiger partial charge < -0.3 is 5.32 Å². The van der Waals surface area contributed by atoms with Gasteiger partial charge in [0.05, 0.1) is 22.3 Å². The molecule has 0 saturated carbocycles. The highest BCUT2D eigenvalue weighted by Gasteiger charge is 2.12. The van der Waals surface area contributed by atoms with E-state index in [-0.39, 0.29) is 5.54 Å². The summed E-state index contributed by atoms with van der Waals surface area (Å²) in [6.45, 7) is 7.81. The number of benzene rings is 1. The molecule has 2 rings (SSSR count). The first-order valence-corrected chi connectivity index (χ1v) is 7.31. The molecule has 108 valence electrons. The van der Waals surface area contributed by atoms with Gasteiger partial charge in [0.2, 0.25) is 0 Å². The van der Waals surface area contributed by atoms with Crippen LogP contribution < -0.4 is 5.32 Å². The van der Waals surface area contributed by atoms with E-state index >= 15 is 0 Å². The lowest BCUT2D eigenvalue weighted by Gasteiger charge is -2.21. The predicted molar refractivity (Wildman–Crippen MR) is 84.4 cm³/mol. The first-order valence-electron chi connectivity index (χ1n) is 6.55. The SMILES string of the molecule is CC(C)(C)NCc1ccnn1Cc1cccc(Cl)c1Cl. The maximum Gasteiger partial charge on any atom is 0.0678 e. The van der Waals surface area contributed by atoms with Crippen LogP contribution in [0.4, 0.5) is 0 Å². The minimum absolute atomic E-state index is 0.0722. The number of halogens is 2. The number of nitrogens with one attached hydrogen (secondary N) is 1. The Morgan fingerprint density at radius 2 is 1.95 bits per heavy atom. The van der Waals surface area contributed by atoms with Gasteiger partial charge in [-0.25, -0.2) is 0 Å². The van der Waals surface area contributed by atoms with Gasteiger partial charge in [-0.1, -0.05) is 35.3 Å². The van der Waals surface area contributed by atoms with Crippen molar-refractivity contribution < 1.29 is 0 Å². The largest absolute Gasteiger partial charge is 0.306 e. The highest BCUT2D eigenvalue weighted by atomic mass is 35.5. The molecule has 2 aromatic rings. The molecule has 0 amide bonds. The van der Waals surface area contributed by atoms with Gasteiger partial charge in [0.25, 0.3) is 0 Å². The Hall–Kier alpha value is -1.03. The third-order valence-corrected chi connectivity index (χ3v) is 3.81. The quantitative estimate of drug-likeness (QED) is 0.920. The fourth-order valence-corrected chi connectivity index (χ4v) is 2.22. The van der Waals surface area contributed by atoms with Crippen LogP contribution in [-0.4, -0.2) is 15.3 Å². The maximum atomic E-state index is 6.22. The van der Waals surface area contributed by atoms with Crippen LogP contribution in [0.5, 0.6) is 0 Å². The van der Waals surface area contributed by atoms with Crippen LogP contribution in [0.3, 0.4) is 0 Å². The molecule has 20 heavy (non-hydrogen) atoms. The van der Waals surface area contributed by atoms with Crippen molar-refractivity contribution in [3.05, 3.63) is 51.8 Å². The third kappa shape index (κ3) is 3.98. The van der Waals surface area contributed by atoms with Crippen molar-refractivity contribution in [3.63, 3.8) is 0 Å². The van der Waals surface area contributed by atoms with Crippen LogP contribution >= 0.6 is 23.2 Å². The Morgan fingerprint density at radius 3 is 2.65 bits per heavy atom. The number of hydrogen-bond acceptors (Lipinski definition) is 2. The summed E-state index contributed by atoms with van der Waals surface area (Å²) >= 11 is 12.3. The number of aromatic nitrogens is 2. The molecule has 0 bridgehead atoms. The molecule has 0 aliphatic rings. The highest BCUT2D eigenvalue weighted by molar-refractivity contribution is 6.42. The molecule has 3 nitrogen and oxygen atoms in total. The van der Waals surface area contributed by atoms with Gasteiger partial charge in [0.1, 0.15) is 0 Å². The maximum absolute atomic E-state index is 6.22. The van der Waals surface area contributed by atoms with Crippen molar-refractivity contribution in [2.24, 2.45) is 0 Å². The van der Waals surface area contributed by atoms with Crippen LogP contribution in [0.15, 0.2) is 30.5 Å². The molecule has 1 heterocycles. The Balaban J connectivity index is 2.14. The molecule has 0 radical (unpaired) electrons. The number of nitrogens with zero attached hydrogens (tertiary/aromatic N) is 2. The van der Waals surface area contributed by atoms with Crippen LogP contribution in [0, 0.1) is 0 Å². The average Bonchev–Trinajstić information content (AvgIpc) is 2.79. The smallest absolute Gasteiger partial charge is 0.0678 e. The van der Waals surface area contributed by atoms with Crippen molar-refractivity contribution in [1.82, 2.24) is 15.1 Å². The molecule has 1 aromatic carbocycles. The minimum Gasteiger partial charge on any atom is -0.306 e. The van der Waals surface area contributed by atoms with E-state index in [1.54, 1.807) is 12.3 Å². The molecular formula is C15H19Cl2N3. The normalized spacial score (nSPS) is 11.8. The van der Waals surface area contributed by atoms with Crippen molar-refractivity contribution in [3.8, 4) is 0 Å². The zero-order valence-corrected chi connectivity index (χ0v) is 13.5. The standard InChI is InChI=1S/C15H19Cl2N3/c1-15(2,3)18-9-12-7-8-19-20(12)10-11-5-4-6-13(16)14(11)17/h4-8,18H,9-10H2,1-3H3. The van der Waals surface area contributed by atoms with E-state index in [4.69, 9.17) is 23.2 Å². The zero-order chi connectivity index (χ0) is 14.8. The fourth-order valence-electron chi connectivity index (χ4n) is 1.84. The lowest BCUT2D eigenvalue weighted by atomic mass is 10.1. The number of rotatable bonds is 4. The summed E-state index contributed by atoms with van der Waals surface area (Å²) in [4.78, 5) is 0. The summed E-state index contributed by atoms with van der Waals surface area (Å²) in [6.07, 6.45) is 1.80. The molecular weight excluding hydrogens is 293 g/mol. The second kappa shape index (κ2) is 6.17. The second-order valence-corrected chi connectivity index (χ2v) is 6.58. The molecule has 0 fully saturated rings. The van der Waals surface area contributed by atoms with Gasteiger partial charge in [-0.15, -0.1) is 0 Å². The van der Waals surface area contributed by atoms with Gasteiger partial charge in [-0.05, 0) is 38.5 Å². The topological polar surface area (TPSA) is 29.9 Å². The van der Waals surface area contributed by atoms with Gasteiger partial charge in [0, 0.05) is 18.3 Å². The summed E-state index contributed by atoms with van der Waals surface area (Å²) < 4.78 is 1.94. The summed E-state index contributed by atoms with van der Waals surface area (Å²) in [5.74, 6) is 0. The Kier molecular flexibility index (Phi) is 4.74. The second-order valence-electron chi connectivity index (χ2n) is 5.80. The fraction of sp³-hybridized carbons (Fsp3) is 0.400. The van der Waals surface area contributed by atoms with Crippen LogP contribution in [0.25, 0.3) is 0 Å². The van der Waals surface area contributed by atoms with E-state index in [0.29, 0.717) is 16.6 Å². The van der Waals surface area contributed by atoms with E-state index in [2.05, 4.69) is 31.2 Å². The van der Waals surface area contributed by atoms with Crippen LogP contribution in [0.1, 0.15) is 32.0 Å². The molecule has 0 aliphatic heterocycles. The lowest BCUT2D eigenvalue weighted by Crippen LogP contribution is -2.35. The lowest BCUT2D eigenvalue weighted by molar-refractivity contribution is 0.414. The summed E-state index contributed by atoms with van der Waals surface area (Å²) in [5.41, 5.74) is 2.17. The van der Waals surface area contributed by atoms with Crippen LogP contribution in [-0.2, 0) is 13.1 Å². The molecule has 1 N–H and O–H groups in total. The molecule has 5 heteroatoms. The van der Waals surface area contributed by atoms with Gasteiger partial charge in [0.15, 0.2) is 0 Å². The van der Waals surface area contributed by atoms with Gasteiger partial charge in [-0.3, -0.25) is 4.68 Å². The number of hydrogen-bond donors (Lipinski definition) is 1. The Bertz CT molecular complexity index is 585. The molecule has 0 saturated heterocycles. The van der Waals surface area contributed by atoms with Crippen molar-refractivity contribution in [2.75, 3.05) is 0 Å². The first kappa shape index (κ1) is 15.4. The third-order valence-electron chi connectivity index (χ3n) is 2.96. The van der Waals surface area contributed by atoms with Crippen LogP contribution in [0.2, 0.25) is 10.0 Å². The van der Waals surface area contributed by atoms with E-state index < -0.39 is 0 Å². The van der Waals surface area contributed by atoms with Crippen molar-refractivity contribution in [1.29, 1.82) is 0 Å². The summed E-state index contributed by atoms with van der Waals surface area (Å²) in [6, 6.07) is 7.67. The average molecular weight is 312 g/mol. The van der Waals surface area contributed by atoms with E-state index in [9.17, 15) is 0 Å². The Morgan fingerprint density at radius 1 is 1.20 bits per heavy atom. The van der Waals surface area contributed by atoms with E-state index in [0.717, 1.165) is 17.8 Å². The van der Waals surface area contributed by atoms with Gasteiger partial charge >= 0.3 is 0 Å². The van der Waals surface area contributed by atoms with Crippen molar-refractivity contribution in [2.45, 2.75) is 39.4 Å². The minimum atomic E-state index is 0.0722. The molecule has 0 atom stereocenters. The summed E-state index contributed by atoms with van der Waals surface area (Å²) in [7, 11) is 0. The predicted octanol–water partition coefficient (Wildman–Crippen LogP) is 4.13. The molecule has 0 unspecified atom stereocenters. The molecule has 1 aromatic heterocycles. The monoisotopic (exact) mass is 311 g/mol. The van der Waals surface area contributed by atoms with Gasteiger partial charge in [-0.2, -0.15) is 5.10 Å².